The lowest BCUT2D eigenvalue weighted by atomic mass is 10.0. The average molecular weight is 950 g/mol. The van der Waals surface area contributed by atoms with E-state index >= 15 is 0 Å². The van der Waals surface area contributed by atoms with Gasteiger partial charge in [-0.05, 0) is 70.6 Å². The van der Waals surface area contributed by atoms with Crippen LogP contribution in [0, 0.1) is 0 Å². The van der Waals surface area contributed by atoms with Crippen LogP contribution in [0.4, 0.5) is 0 Å². The number of hydrogen-bond acceptors (Lipinski definition) is 6. The van der Waals surface area contributed by atoms with Crippen molar-refractivity contribution in [3.05, 3.63) is 72.9 Å². The van der Waals surface area contributed by atoms with Gasteiger partial charge in [-0.25, -0.2) is 0 Å². The Hall–Kier alpha value is -3.15. The number of rotatable bonds is 52. The number of carbonyl (C=O) groups is 3. The Morgan fingerprint density at radius 2 is 0.574 bits per heavy atom. The topological polar surface area (TPSA) is 78.9 Å². The predicted molar refractivity (Wildman–Crippen MR) is 293 cm³/mol. The second-order valence-electron chi connectivity index (χ2n) is 19.2. The molecule has 0 radical (unpaired) electrons. The maximum atomic E-state index is 12.8. The molecule has 0 aliphatic heterocycles. The lowest BCUT2D eigenvalue weighted by Gasteiger charge is -2.18. The van der Waals surface area contributed by atoms with Crippen molar-refractivity contribution >= 4 is 17.9 Å². The minimum Gasteiger partial charge on any atom is -0.462 e. The van der Waals surface area contributed by atoms with Crippen LogP contribution in [0.15, 0.2) is 72.9 Å². The first kappa shape index (κ1) is 64.8. The molecule has 0 rings (SSSR count). The Labute approximate surface area is 421 Å². The third-order valence-corrected chi connectivity index (χ3v) is 12.5. The quantitative estimate of drug-likeness (QED) is 0.0262. The van der Waals surface area contributed by atoms with Gasteiger partial charge in [-0.3, -0.25) is 14.4 Å². The lowest BCUT2D eigenvalue weighted by Crippen LogP contribution is -2.30. The molecular formula is C62H108O6. The fraction of sp³-hybridized carbons (Fsp3) is 0.758. The summed E-state index contributed by atoms with van der Waals surface area (Å²) >= 11 is 0. The molecule has 0 aliphatic rings. The van der Waals surface area contributed by atoms with E-state index in [2.05, 4.69) is 93.7 Å². The highest BCUT2D eigenvalue weighted by Crippen LogP contribution is 2.16. The molecule has 0 aromatic carbocycles. The Morgan fingerprint density at radius 1 is 0.309 bits per heavy atom. The van der Waals surface area contributed by atoms with Gasteiger partial charge < -0.3 is 14.2 Å². The molecule has 392 valence electrons. The van der Waals surface area contributed by atoms with Gasteiger partial charge in [0.15, 0.2) is 6.10 Å². The van der Waals surface area contributed by atoms with E-state index in [4.69, 9.17) is 14.2 Å². The van der Waals surface area contributed by atoms with Crippen LogP contribution in [0.3, 0.4) is 0 Å². The third-order valence-electron chi connectivity index (χ3n) is 12.5. The van der Waals surface area contributed by atoms with E-state index in [1.807, 2.05) is 0 Å². The minimum absolute atomic E-state index is 0.0728. The van der Waals surface area contributed by atoms with Crippen LogP contribution in [-0.2, 0) is 28.6 Å². The molecule has 6 heteroatoms. The summed E-state index contributed by atoms with van der Waals surface area (Å²) < 4.78 is 16.8. The van der Waals surface area contributed by atoms with E-state index in [0.29, 0.717) is 19.3 Å². The number of allylic oxidation sites excluding steroid dienone is 12. The zero-order chi connectivity index (χ0) is 49.3. The maximum Gasteiger partial charge on any atom is 0.306 e. The molecule has 6 nitrogen and oxygen atoms in total. The first-order valence-corrected chi connectivity index (χ1v) is 28.9. The van der Waals surface area contributed by atoms with Crippen LogP contribution in [-0.4, -0.2) is 37.2 Å². The van der Waals surface area contributed by atoms with Crippen LogP contribution in [0.2, 0.25) is 0 Å². The normalized spacial score (nSPS) is 12.6. The van der Waals surface area contributed by atoms with Crippen molar-refractivity contribution in [2.75, 3.05) is 13.2 Å². The number of esters is 3. The molecule has 68 heavy (non-hydrogen) atoms. The SMILES string of the molecule is CC/C=C\C/C=C\C/C=C\C/C=C\C/C=C\C/C=C\CCCCCCCCCCCCC(=O)OCC(COC(=O)CCCCCCCCC)OC(=O)CCCCCCCCCCCCCCCC. The van der Waals surface area contributed by atoms with Crippen LogP contribution in [0.1, 0.15) is 284 Å². The van der Waals surface area contributed by atoms with Gasteiger partial charge in [-0.15, -0.1) is 0 Å². The highest BCUT2D eigenvalue weighted by molar-refractivity contribution is 5.71. The smallest absolute Gasteiger partial charge is 0.306 e. The molecule has 0 aromatic heterocycles. The van der Waals surface area contributed by atoms with Gasteiger partial charge >= 0.3 is 17.9 Å². The Kier molecular flexibility index (Phi) is 53.8. The Morgan fingerprint density at radius 3 is 0.897 bits per heavy atom. The van der Waals surface area contributed by atoms with Crippen molar-refractivity contribution in [3.8, 4) is 0 Å². The maximum absolute atomic E-state index is 12.8. The summed E-state index contributed by atoms with van der Waals surface area (Å²) in [4.78, 5) is 37.9. The van der Waals surface area contributed by atoms with Crippen molar-refractivity contribution in [1.82, 2.24) is 0 Å². The standard InChI is InChI=1S/C62H108O6/c1-4-7-10-13-16-18-20-22-24-25-26-27-28-29-30-31-32-33-34-35-36-37-38-40-41-43-46-49-52-55-61(64)67-58-59(57-66-60(63)54-51-48-45-15-12-9-6-3)68-62(65)56-53-50-47-44-42-39-23-21-19-17-14-11-8-5-2/h7,10,16,18,22,24,26-27,29-30,32-33,59H,4-6,8-9,11-15,17,19-21,23,25,28,31,34-58H2,1-3H3/b10-7-,18-16-,24-22-,27-26-,30-29-,33-32-. The predicted octanol–water partition coefficient (Wildman–Crippen LogP) is 19.4. The molecule has 0 fully saturated rings. The van der Waals surface area contributed by atoms with Gasteiger partial charge in [0.1, 0.15) is 13.2 Å². The summed E-state index contributed by atoms with van der Waals surface area (Å²) in [6.45, 7) is 6.50. The largest absolute Gasteiger partial charge is 0.462 e. The summed E-state index contributed by atoms with van der Waals surface area (Å²) in [5.74, 6) is -0.875. The molecule has 0 saturated heterocycles. The molecule has 0 aliphatic carbocycles. The molecule has 0 heterocycles. The van der Waals surface area contributed by atoms with Gasteiger partial charge in [0.2, 0.25) is 0 Å². The van der Waals surface area contributed by atoms with Crippen LogP contribution < -0.4 is 0 Å². The molecular weight excluding hydrogens is 841 g/mol. The van der Waals surface area contributed by atoms with E-state index < -0.39 is 6.10 Å². The third kappa shape index (κ3) is 53.8. The highest BCUT2D eigenvalue weighted by atomic mass is 16.6. The molecule has 1 atom stereocenters. The number of hydrogen-bond donors (Lipinski definition) is 0. The zero-order valence-electron chi connectivity index (χ0n) is 44.9. The van der Waals surface area contributed by atoms with Gasteiger partial charge in [0.05, 0.1) is 0 Å². The summed E-state index contributed by atoms with van der Waals surface area (Å²) in [6, 6.07) is 0. The van der Waals surface area contributed by atoms with Gasteiger partial charge in [0, 0.05) is 19.3 Å². The van der Waals surface area contributed by atoms with Crippen molar-refractivity contribution < 1.29 is 28.6 Å². The fourth-order valence-electron chi connectivity index (χ4n) is 8.15. The van der Waals surface area contributed by atoms with Gasteiger partial charge in [-0.2, -0.15) is 0 Å². The summed E-state index contributed by atoms with van der Waals surface area (Å²) in [5, 5.41) is 0. The number of ether oxygens (including phenoxy) is 3. The molecule has 0 amide bonds. The van der Waals surface area contributed by atoms with Crippen LogP contribution in [0.5, 0.6) is 0 Å². The first-order chi connectivity index (χ1) is 33.5. The molecule has 0 spiro atoms. The number of carbonyl (C=O) groups excluding carboxylic acids is 3. The van der Waals surface area contributed by atoms with Crippen molar-refractivity contribution in [3.63, 3.8) is 0 Å². The van der Waals surface area contributed by atoms with E-state index in [1.165, 1.54) is 148 Å². The fourth-order valence-corrected chi connectivity index (χ4v) is 8.15. The highest BCUT2D eigenvalue weighted by Gasteiger charge is 2.19. The summed E-state index contributed by atoms with van der Waals surface area (Å²) in [6.07, 6.45) is 72.0. The van der Waals surface area contributed by atoms with E-state index in [-0.39, 0.29) is 31.1 Å². The van der Waals surface area contributed by atoms with E-state index in [9.17, 15) is 14.4 Å². The second-order valence-corrected chi connectivity index (χ2v) is 19.2. The lowest BCUT2D eigenvalue weighted by molar-refractivity contribution is -0.167. The Bertz CT molecular complexity index is 1270. The Balaban J connectivity index is 4.11. The van der Waals surface area contributed by atoms with Crippen molar-refractivity contribution in [2.24, 2.45) is 0 Å². The molecule has 0 saturated carbocycles. The minimum atomic E-state index is -0.771. The molecule has 0 aromatic rings. The molecule has 0 bridgehead atoms. The van der Waals surface area contributed by atoms with Crippen molar-refractivity contribution in [2.45, 2.75) is 290 Å². The van der Waals surface area contributed by atoms with E-state index in [1.54, 1.807) is 0 Å². The average Bonchev–Trinajstić information content (AvgIpc) is 3.34. The molecule has 1 unspecified atom stereocenters. The summed E-state index contributed by atoms with van der Waals surface area (Å²) in [5.41, 5.74) is 0. The van der Waals surface area contributed by atoms with Crippen molar-refractivity contribution in [1.29, 1.82) is 0 Å². The molecule has 0 N–H and O–H groups in total. The van der Waals surface area contributed by atoms with Crippen LogP contribution in [0.25, 0.3) is 0 Å². The van der Waals surface area contributed by atoms with Gasteiger partial charge in [0.25, 0.3) is 0 Å². The monoisotopic (exact) mass is 949 g/mol. The second kappa shape index (κ2) is 56.4. The zero-order valence-corrected chi connectivity index (χ0v) is 44.9. The van der Waals surface area contributed by atoms with Gasteiger partial charge in [-0.1, -0.05) is 267 Å². The first-order valence-electron chi connectivity index (χ1n) is 28.9. The number of unbranched alkanes of at least 4 members (excludes halogenated alkanes) is 29. The van der Waals surface area contributed by atoms with Crippen LogP contribution >= 0.6 is 0 Å². The van der Waals surface area contributed by atoms with E-state index in [0.717, 1.165) is 96.3 Å². The summed E-state index contributed by atoms with van der Waals surface area (Å²) in [7, 11) is 0.